The number of hydrogen-bond donors (Lipinski definition) is 2. The van der Waals surface area contributed by atoms with Crippen molar-refractivity contribution in [2.45, 2.75) is 31.2 Å². The van der Waals surface area contributed by atoms with Gasteiger partial charge in [-0.1, -0.05) is 12.1 Å². The first-order chi connectivity index (χ1) is 7.41. The van der Waals surface area contributed by atoms with Gasteiger partial charge >= 0.3 is 0 Å². The summed E-state index contributed by atoms with van der Waals surface area (Å²) in [4.78, 5) is 0. The van der Waals surface area contributed by atoms with Crippen LogP contribution < -0.4 is 5.32 Å². The molecule has 0 spiro atoms. The Kier molecular flexibility index (Phi) is 2.62. The molecule has 1 atom stereocenters. The van der Waals surface area contributed by atoms with Gasteiger partial charge in [0.25, 0.3) is 5.92 Å². The number of rotatable bonds is 1. The number of phenols is 1. The summed E-state index contributed by atoms with van der Waals surface area (Å²) >= 11 is 0. The average molecular weight is 227 g/mol. The zero-order chi connectivity index (χ0) is 11.8. The summed E-state index contributed by atoms with van der Waals surface area (Å²) in [6, 6.07) is 6.50. The number of halogens is 2. The van der Waals surface area contributed by atoms with Crippen molar-refractivity contribution in [3.8, 4) is 5.75 Å². The molecule has 1 unspecified atom stereocenters. The molecular weight excluding hydrogens is 212 g/mol. The van der Waals surface area contributed by atoms with Crippen molar-refractivity contribution in [2.75, 3.05) is 6.54 Å². The van der Waals surface area contributed by atoms with Gasteiger partial charge in [0, 0.05) is 24.9 Å². The van der Waals surface area contributed by atoms with Crippen molar-refractivity contribution in [2.24, 2.45) is 0 Å². The van der Waals surface area contributed by atoms with Crippen LogP contribution >= 0.6 is 0 Å². The van der Waals surface area contributed by atoms with E-state index in [1.807, 2.05) is 0 Å². The third-order valence-corrected chi connectivity index (χ3v) is 3.10. The summed E-state index contributed by atoms with van der Waals surface area (Å²) in [6.07, 6.45) is -0.356. The van der Waals surface area contributed by atoms with Crippen LogP contribution in [0.1, 0.15) is 25.3 Å². The van der Waals surface area contributed by atoms with Crippen molar-refractivity contribution in [3.63, 3.8) is 0 Å². The van der Waals surface area contributed by atoms with Crippen LogP contribution in [0.25, 0.3) is 0 Å². The van der Waals surface area contributed by atoms with E-state index in [4.69, 9.17) is 0 Å². The van der Waals surface area contributed by atoms with E-state index in [2.05, 4.69) is 5.32 Å². The summed E-state index contributed by atoms with van der Waals surface area (Å²) < 4.78 is 26.8. The molecule has 0 aliphatic carbocycles. The van der Waals surface area contributed by atoms with Crippen LogP contribution in [0, 0.1) is 0 Å². The number of benzene rings is 1. The first-order valence-corrected chi connectivity index (χ1v) is 5.34. The third kappa shape index (κ3) is 2.16. The normalized spacial score (nSPS) is 28.9. The molecule has 1 aliphatic heterocycles. The smallest absolute Gasteiger partial charge is 0.251 e. The van der Waals surface area contributed by atoms with Crippen LogP contribution in [0.2, 0.25) is 0 Å². The molecule has 0 radical (unpaired) electrons. The molecule has 1 aromatic carbocycles. The van der Waals surface area contributed by atoms with E-state index in [-0.39, 0.29) is 18.6 Å². The monoisotopic (exact) mass is 227 g/mol. The molecule has 1 fully saturated rings. The Morgan fingerprint density at radius 3 is 2.75 bits per heavy atom. The van der Waals surface area contributed by atoms with Gasteiger partial charge in [-0.15, -0.1) is 0 Å². The SMILES string of the molecule is CC1(c2cccc(O)c2)CC(F)(F)CCN1. The van der Waals surface area contributed by atoms with Gasteiger partial charge in [-0.25, -0.2) is 8.78 Å². The molecule has 0 amide bonds. The molecule has 0 saturated carbocycles. The van der Waals surface area contributed by atoms with Gasteiger partial charge in [0.05, 0.1) is 0 Å². The van der Waals surface area contributed by atoms with Crippen molar-refractivity contribution in [3.05, 3.63) is 29.8 Å². The topological polar surface area (TPSA) is 32.3 Å². The number of alkyl halides is 2. The predicted molar refractivity (Wildman–Crippen MR) is 57.6 cm³/mol. The first kappa shape index (κ1) is 11.3. The molecule has 1 saturated heterocycles. The lowest BCUT2D eigenvalue weighted by Gasteiger charge is -2.39. The Morgan fingerprint density at radius 2 is 2.12 bits per heavy atom. The van der Waals surface area contributed by atoms with Crippen LogP contribution in [0.5, 0.6) is 5.75 Å². The highest BCUT2D eigenvalue weighted by Crippen LogP contribution is 2.39. The van der Waals surface area contributed by atoms with Crippen LogP contribution in [0.15, 0.2) is 24.3 Å². The lowest BCUT2D eigenvalue weighted by molar-refractivity contribution is -0.0611. The number of piperidine rings is 1. The molecule has 1 aliphatic rings. The van der Waals surface area contributed by atoms with Gasteiger partial charge in [0.15, 0.2) is 0 Å². The first-order valence-electron chi connectivity index (χ1n) is 5.34. The molecule has 1 aromatic rings. The fourth-order valence-electron chi connectivity index (χ4n) is 2.24. The minimum atomic E-state index is -2.63. The molecule has 2 N–H and O–H groups in total. The maximum absolute atomic E-state index is 13.4. The van der Waals surface area contributed by atoms with Crippen LogP contribution in [0.3, 0.4) is 0 Å². The quantitative estimate of drug-likeness (QED) is 0.773. The lowest BCUT2D eigenvalue weighted by Crippen LogP contribution is -2.50. The van der Waals surface area contributed by atoms with E-state index in [1.54, 1.807) is 19.1 Å². The Labute approximate surface area is 93.3 Å². The molecule has 88 valence electrons. The van der Waals surface area contributed by atoms with Gasteiger partial charge in [-0.2, -0.15) is 0 Å². The van der Waals surface area contributed by atoms with Gasteiger partial charge in [-0.3, -0.25) is 0 Å². The summed E-state index contributed by atoms with van der Waals surface area (Å²) in [7, 11) is 0. The molecule has 1 heterocycles. The van der Waals surface area contributed by atoms with Gasteiger partial charge in [0.2, 0.25) is 0 Å². The van der Waals surface area contributed by atoms with E-state index in [0.717, 1.165) is 0 Å². The highest BCUT2D eigenvalue weighted by molar-refractivity contribution is 5.32. The highest BCUT2D eigenvalue weighted by atomic mass is 19.3. The molecule has 16 heavy (non-hydrogen) atoms. The van der Waals surface area contributed by atoms with Crippen LogP contribution in [0.4, 0.5) is 8.78 Å². The van der Waals surface area contributed by atoms with E-state index in [0.29, 0.717) is 12.1 Å². The second-order valence-electron chi connectivity index (χ2n) is 4.59. The number of hydrogen-bond acceptors (Lipinski definition) is 2. The van der Waals surface area contributed by atoms with Crippen LogP contribution in [-0.2, 0) is 5.54 Å². The molecule has 2 nitrogen and oxygen atoms in total. The maximum Gasteiger partial charge on any atom is 0.251 e. The molecule has 4 heteroatoms. The average Bonchev–Trinajstić information content (AvgIpc) is 2.15. The standard InChI is InChI=1S/C12H15F2NO/c1-11(8-12(13,14)5-6-15-11)9-3-2-4-10(16)7-9/h2-4,7,15-16H,5-6,8H2,1H3. The molecule has 0 aromatic heterocycles. The van der Waals surface area contributed by atoms with E-state index >= 15 is 0 Å². The second-order valence-corrected chi connectivity index (χ2v) is 4.59. The summed E-state index contributed by atoms with van der Waals surface area (Å²) in [5.41, 5.74) is -0.0626. The summed E-state index contributed by atoms with van der Waals surface area (Å²) in [5.74, 6) is -2.53. The minimum absolute atomic E-state index is 0.106. The molecule has 0 bridgehead atoms. The zero-order valence-electron chi connectivity index (χ0n) is 9.13. The van der Waals surface area contributed by atoms with Crippen molar-refractivity contribution < 1.29 is 13.9 Å². The van der Waals surface area contributed by atoms with Crippen LogP contribution in [-0.4, -0.2) is 17.6 Å². The molecule has 2 rings (SSSR count). The Hall–Kier alpha value is -1.16. The Bertz CT molecular complexity index is 394. The predicted octanol–water partition coefficient (Wildman–Crippen LogP) is 2.63. The van der Waals surface area contributed by atoms with E-state index < -0.39 is 11.5 Å². The molecular formula is C12H15F2NO. The van der Waals surface area contributed by atoms with E-state index in [9.17, 15) is 13.9 Å². The lowest BCUT2D eigenvalue weighted by atomic mass is 9.82. The maximum atomic E-state index is 13.4. The van der Waals surface area contributed by atoms with Crippen molar-refractivity contribution in [1.29, 1.82) is 0 Å². The Morgan fingerprint density at radius 1 is 1.38 bits per heavy atom. The summed E-state index contributed by atoms with van der Waals surface area (Å²) in [5, 5.41) is 12.5. The fraction of sp³-hybridized carbons (Fsp3) is 0.500. The number of aromatic hydroxyl groups is 1. The van der Waals surface area contributed by atoms with Gasteiger partial charge < -0.3 is 10.4 Å². The van der Waals surface area contributed by atoms with Crippen molar-refractivity contribution >= 4 is 0 Å². The van der Waals surface area contributed by atoms with Crippen molar-refractivity contribution in [1.82, 2.24) is 5.32 Å². The highest BCUT2D eigenvalue weighted by Gasteiger charge is 2.43. The summed E-state index contributed by atoms with van der Waals surface area (Å²) in [6.45, 7) is 2.04. The van der Waals surface area contributed by atoms with E-state index in [1.165, 1.54) is 12.1 Å². The zero-order valence-corrected chi connectivity index (χ0v) is 9.13. The Balaban J connectivity index is 2.31. The number of phenolic OH excluding ortho intramolecular Hbond substituents is 1. The third-order valence-electron chi connectivity index (χ3n) is 3.10. The number of nitrogens with one attached hydrogen (secondary N) is 1. The van der Waals surface area contributed by atoms with Gasteiger partial charge in [-0.05, 0) is 24.6 Å². The van der Waals surface area contributed by atoms with Gasteiger partial charge in [0.1, 0.15) is 5.75 Å². The minimum Gasteiger partial charge on any atom is -0.508 e. The largest absolute Gasteiger partial charge is 0.508 e. The fourth-order valence-corrected chi connectivity index (χ4v) is 2.24. The second kappa shape index (κ2) is 3.70.